The molecular weight excluding hydrogens is 396 g/mol. The Balaban J connectivity index is 1.50. The number of ether oxygens (including phenoxy) is 1. The lowest BCUT2D eigenvalue weighted by atomic mass is 10.0. The van der Waals surface area contributed by atoms with Crippen LogP contribution in [0.15, 0.2) is 18.2 Å². The summed E-state index contributed by atoms with van der Waals surface area (Å²) in [7, 11) is 2.14. The van der Waals surface area contributed by atoms with Crippen molar-refractivity contribution < 1.29 is 19.1 Å². The van der Waals surface area contributed by atoms with Crippen molar-refractivity contribution in [3.63, 3.8) is 0 Å². The summed E-state index contributed by atoms with van der Waals surface area (Å²) in [6.45, 7) is 7.53. The van der Waals surface area contributed by atoms with Crippen molar-refractivity contribution in [3.05, 3.63) is 29.3 Å². The van der Waals surface area contributed by atoms with Crippen LogP contribution in [-0.4, -0.2) is 80.1 Å². The van der Waals surface area contributed by atoms with Crippen LogP contribution < -0.4 is 10.2 Å². The molecule has 1 N–H and O–H groups in total. The van der Waals surface area contributed by atoms with Crippen LogP contribution in [0.25, 0.3) is 0 Å². The van der Waals surface area contributed by atoms with Gasteiger partial charge in [0.1, 0.15) is 0 Å². The van der Waals surface area contributed by atoms with Crippen LogP contribution >= 0.6 is 0 Å². The summed E-state index contributed by atoms with van der Waals surface area (Å²) in [5.74, 6) is -0.495. The zero-order valence-electron chi connectivity index (χ0n) is 18.9. The van der Waals surface area contributed by atoms with E-state index in [9.17, 15) is 14.4 Å². The number of carbonyl (C=O) groups is 3. The summed E-state index contributed by atoms with van der Waals surface area (Å²) in [4.78, 5) is 42.5. The van der Waals surface area contributed by atoms with Crippen molar-refractivity contribution in [2.75, 3.05) is 51.3 Å². The molecule has 1 aromatic carbocycles. The van der Waals surface area contributed by atoms with Gasteiger partial charge in [0, 0.05) is 50.9 Å². The highest BCUT2D eigenvalue weighted by atomic mass is 16.5. The van der Waals surface area contributed by atoms with Crippen LogP contribution in [0, 0.1) is 0 Å². The average Bonchev–Trinajstić information content (AvgIpc) is 2.98. The van der Waals surface area contributed by atoms with Gasteiger partial charge in [-0.05, 0) is 57.0 Å². The van der Waals surface area contributed by atoms with Gasteiger partial charge in [0.15, 0.2) is 0 Å². The van der Waals surface area contributed by atoms with E-state index in [-0.39, 0.29) is 36.8 Å². The molecule has 1 atom stereocenters. The van der Waals surface area contributed by atoms with E-state index < -0.39 is 0 Å². The van der Waals surface area contributed by atoms with E-state index in [2.05, 4.69) is 29.4 Å². The van der Waals surface area contributed by atoms with E-state index in [0.717, 1.165) is 31.6 Å². The predicted octanol–water partition coefficient (Wildman–Crippen LogP) is 1.81. The molecule has 3 rings (SSSR count). The molecule has 0 aliphatic carbocycles. The first kappa shape index (κ1) is 23.1. The van der Waals surface area contributed by atoms with Crippen LogP contribution in [-0.2, 0) is 27.2 Å². The summed E-state index contributed by atoms with van der Waals surface area (Å²) < 4.78 is 4.90. The van der Waals surface area contributed by atoms with Crippen molar-refractivity contribution in [3.8, 4) is 0 Å². The van der Waals surface area contributed by atoms with Crippen LogP contribution in [0.3, 0.4) is 0 Å². The predicted molar refractivity (Wildman–Crippen MR) is 119 cm³/mol. The number of benzene rings is 1. The first-order valence-electron chi connectivity index (χ1n) is 11.2. The van der Waals surface area contributed by atoms with Gasteiger partial charge >= 0.3 is 12.0 Å². The van der Waals surface area contributed by atoms with Crippen LogP contribution in [0.1, 0.15) is 37.8 Å². The fourth-order valence-electron chi connectivity index (χ4n) is 4.13. The Hall–Kier alpha value is -2.61. The van der Waals surface area contributed by atoms with E-state index in [1.807, 2.05) is 6.07 Å². The SMILES string of the molecule is CCOC(=O)CC(C)NC(=O)CCN1CCN(c2ccc3c(c2)CCN(C)CC3)C1=O. The minimum atomic E-state index is -0.326. The normalized spacial score (nSPS) is 17.8. The molecule has 0 saturated carbocycles. The third-order valence-corrected chi connectivity index (χ3v) is 5.92. The fourth-order valence-corrected chi connectivity index (χ4v) is 4.13. The molecule has 1 aromatic rings. The van der Waals surface area contributed by atoms with Gasteiger partial charge in [0.25, 0.3) is 0 Å². The smallest absolute Gasteiger partial charge is 0.324 e. The van der Waals surface area contributed by atoms with E-state index in [1.54, 1.807) is 23.6 Å². The number of rotatable bonds is 8. The monoisotopic (exact) mass is 430 g/mol. The largest absolute Gasteiger partial charge is 0.466 e. The average molecular weight is 431 g/mol. The Bertz CT molecular complexity index is 813. The summed E-state index contributed by atoms with van der Waals surface area (Å²) in [6, 6.07) is 5.99. The lowest BCUT2D eigenvalue weighted by Crippen LogP contribution is -2.38. The highest BCUT2D eigenvalue weighted by Crippen LogP contribution is 2.25. The van der Waals surface area contributed by atoms with E-state index in [4.69, 9.17) is 4.74 Å². The molecule has 2 aliphatic heterocycles. The Morgan fingerprint density at radius 1 is 1.13 bits per heavy atom. The molecule has 0 spiro atoms. The Morgan fingerprint density at radius 3 is 2.61 bits per heavy atom. The lowest BCUT2D eigenvalue weighted by Gasteiger charge is -2.20. The maximum atomic E-state index is 12.9. The van der Waals surface area contributed by atoms with Gasteiger partial charge in [-0.25, -0.2) is 4.79 Å². The van der Waals surface area contributed by atoms with Crippen LogP contribution in [0.2, 0.25) is 0 Å². The molecule has 31 heavy (non-hydrogen) atoms. The van der Waals surface area contributed by atoms with Gasteiger partial charge in [0.2, 0.25) is 5.91 Å². The van der Waals surface area contributed by atoms with Crippen molar-refractivity contribution in [2.24, 2.45) is 0 Å². The standard InChI is InChI=1S/C23H34N4O4/c1-4-31-22(29)15-17(2)24-21(28)9-12-26-13-14-27(23(26)30)20-6-5-18-7-10-25(3)11-8-19(18)16-20/h5-6,16-17H,4,7-15H2,1-3H3,(H,24,28). The molecule has 1 saturated heterocycles. The van der Waals surface area contributed by atoms with Crippen molar-refractivity contribution in [1.29, 1.82) is 0 Å². The van der Waals surface area contributed by atoms with Gasteiger partial charge in [-0.1, -0.05) is 6.07 Å². The second kappa shape index (κ2) is 10.6. The van der Waals surface area contributed by atoms with Gasteiger partial charge < -0.3 is 19.9 Å². The number of nitrogens with zero attached hydrogens (tertiary/aromatic N) is 3. The topological polar surface area (TPSA) is 82.2 Å². The lowest BCUT2D eigenvalue weighted by molar-refractivity contribution is -0.143. The molecule has 0 aromatic heterocycles. The maximum absolute atomic E-state index is 12.9. The molecule has 2 aliphatic rings. The number of likely N-dealkylation sites (N-methyl/N-ethyl adjacent to an activating group) is 1. The summed E-state index contributed by atoms with van der Waals surface area (Å²) in [6.07, 6.45) is 2.39. The minimum Gasteiger partial charge on any atom is -0.466 e. The number of anilines is 1. The van der Waals surface area contributed by atoms with Crippen LogP contribution in [0.5, 0.6) is 0 Å². The fraction of sp³-hybridized carbons (Fsp3) is 0.609. The quantitative estimate of drug-likeness (QED) is 0.636. The molecule has 1 unspecified atom stereocenters. The Kier molecular flexibility index (Phi) is 7.90. The van der Waals surface area contributed by atoms with Gasteiger partial charge in [-0.15, -0.1) is 0 Å². The third kappa shape index (κ3) is 6.19. The molecule has 2 heterocycles. The summed E-state index contributed by atoms with van der Waals surface area (Å²) in [5.41, 5.74) is 3.62. The van der Waals surface area contributed by atoms with Crippen molar-refractivity contribution in [2.45, 2.75) is 45.6 Å². The molecule has 1 fully saturated rings. The second-order valence-corrected chi connectivity index (χ2v) is 8.41. The van der Waals surface area contributed by atoms with Gasteiger partial charge in [0.05, 0.1) is 13.0 Å². The molecular formula is C23H34N4O4. The zero-order chi connectivity index (χ0) is 22.4. The van der Waals surface area contributed by atoms with Crippen LogP contribution in [0.4, 0.5) is 10.5 Å². The molecule has 0 bridgehead atoms. The molecule has 0 radical (unpaired) electrons. The van der Waals surface area contributed by atoms with E-state index in [1.165, 1.54) is 11.1 Å². The van der Waals surface area contributed by atoms with E-state index >= 15 is 0 Å². The Morgan fingerprint density at radius 2 is 1.87 bits per heavy atom. The Labute approximate surface area is 184 Å². The second-order valence-electron chi connectivity index (χ2n) is 8.41. The maximum Gasteiger partial charge on any atom is 0.324 e. The number of hydrogen-bond donors (Lipinski definition) is 1. The highest BCUT2D eigenvalue weighted by molar-refractivity contribution is 5.94. The number of nitrogens with one attached hydrogen (secondary N) is 1. The molecule has 3 amide bonds. The number of hydrogen-bond acceptors (Lipinski definition) is 5. The van der Waals surface area contributed by atoms with E-state index in [0.29, 0.717) is 26.2 Å². The zero-order valence-corrected chi connectivity index (χ0v) is 18.9. The number of fused-ring (bicyclic) bond motifs is 1. The number of urea groups is 1. The highest BCUT2D eigenvalue weighted by Gasteiger charge is 2.30. The summed E-state index contributed by atoms with van der Waals surface area (Å²) in [5, 5.41) is 2.80. The molecule has 8 nitrogen and oxygen atoms in total. The first-order valence-corrected chi connectivity index (χ1v) is 11.2. The van der Waals surface area contributed by atoms with Crippen molar-refractivity contribution >= 4 is 23.6 Å². The molecule has 8 heteroatoms. The number of amides is 3. The number of esters is 1. The first-order chi connectivity index (χ1) is 14.9. The minimum absolute atomic E-state index is 0.0573. The number of carbonyl (C=O) groups excluding carboxylic acids is 3. The summed E-state index contributed by atoms with van der Waals surface area (Å²) >= 11 is 0. The molecule has 170 valence electrons. The third-order valence-electron chi connectivity index (χ3n) is 5.92. The van der Waals surface area contributed by atoms with Gasteiger partial charge in [-0.3, -0.25) is 14.5 Å². The van der Waals surface area contributed by atoms with Crippen molar-refractivity contribution in [1.82, 2.24) is 15.1 Å². The van der Waals surface area contributed by atoms with Gasteiger partial charge in [-0.2, -0.15) is 0 Å².